The van der Waals surface area contributed by atoms with E-state index in [-0.39, 0.29) is 5.97 Å². The molecule has 0 amide bonds. The van der Waals surface area contributed by atoms with Crippen molar-refractivity contribution in [2.24, 2.45) is 5.92 Å². The van der Waals surface area contributed by atoms with Gasteiger partial charge in [0.1, 0.15) is 5.54 Å². The molecule has 0 heterocycles. The Balaban J connectivity index is 2.02. The molecule has 0 radical (unpaired) electrons. The van der Waals surface area contributed by atoms with Crippen LogP contribution < -0.4 is 5.32 Å². The van der Waals surface area contributed by atoms with Crippen LogP contribution in [0.25, 0.3) is 0 Å². The van der Waals surface area contributed by atoms with Crippen molar-refractivity contribution in [2.45, 2.75) is 50.6 Å². The van der Waals surface area contributed by atoms with Crippen molar-refractivity contribution in [3.05, 3.63) is 0 Å². The lowest BCUT2D eigenvalue weighted by Crippen LogP contribution is -2.57. The average Bonchev–Trinajstić information content (AvgIpc) is 3.17. The molecule has 0 spiro atoms. The molecule has 1 N–H and O–H groups in total. The van der Waals surface area contributed by atoms with Gasteiger partial charge in [-0.2, -0.15) is 11.8 Å². The molecule has 98 valence electrons. The average molecular weight is 257 g/mol. The molecule has 0 aromatic carbocycles. The van der Waals surface area contributed by atoms with Gasteiger partial charge in [-0.25, -0.2) is 0 Å². The third-order valence-electron chi connectivity index (χ3n) is 3.54. The molecule has 2 rings (SSSR count). The van der Waals surface area contributed by atoms with Crippen LogP contribution in [0.1, 0.15) is 39.0 Å². The van der Waals surface area contributed by atoms with E-state index in [1.54, 1.807) is 0 Å². The molecular weight excluding hydrogens is 234 g/mol. The summed E-state index contributed by atoms with van der Waals surface area (Å²) in [6, 6.07) is 0.553. The summed E-state index contributed by atoms with van der Waals surface area (Å²) in [5.41, 5.74) is -0.393. The summed E-state index contributed by atoms with van der Waals surface area (Å²) in [5, 5.41) is 3.58. The van der Waals surface area contributed by atoms with Crippen molar-refractivity contribution in [3.8, 4) is 0 Å². The molecule has 2 aliphatic carbocycles. The Labute approximate surface area is 108 Å². The van der Waals surface area contributed by atoms with Crippen molar-refractivity contribution in [2.75, 3.05) is 18.6 Å². The van der Waals surface area contributed by atoms with Crippen LogP contribution in [0, 0.1) is 5.92 Å². The molecule has 0 bridgehead atoms. The first-order chi connectivity index (χ1) is 8.23. The van der Waals surface area contributed by atoms with Gasteiger partial charge < -0.3 is 4.74 Å². The maximum Gasteiger partial charge on any atom is 0.327 e. The molecule has 3 nitrogen and oxygen atoms in total. The minimum absolute atomic E-state index is 0.0458. The van der Waals surface area contributed by atoms with E-state index in [1.165, 1.54) is 32.8 Å². The van der Waals surface area contributed by atoms with Crippen LogP contribution in [-0.4, -0.2) is 36.2 Å². The van der Waals surface area contributed by atoms with E-state index in [0.717, 1.165) is 17.9 Å². The predicted molar refractivity (Wildman–Crippen MR) is 71.2 cm³/mol. The predicted octanol–water partition coefficient (Wildman–Crippen LogP) is 2.20. The lowest BCUT2D eigenvalue weighted by molar-refractivity contribution is -0.148. The van der Waals surface area contributed by atoms with Gasteiger partial charge in [-0.1, -0.05) is 6.92 Å². The molecular formula is C13H23NO2S. The third kappa shape index (κ3) is 3.16. The number of rotatable bonds is 8. The van der Waals surface area contributed by atoms with Gasteiger partial charge in [-0.15, -0.1) is 0 Å². The molecule has 2 aliphatic rings. The van der Waals surface area contributed by atoms with Crippen LogP contribution in [0.3, 0.4) is 0 Å². The Bertz CT molecular complexity index is 277. The number of nitrogens with one attached hydrogen (secondary N) is 1. The monoisotopic (exact) mass is 257 g/mol. The van der Waals surface area contributed by atoms with Crippen molar-refractivity contribution >= 4 is 17.7 Å². The zero-order chi connectivity index (χ0) is 12.3. The maximum absolute atomic E-state index is 12.2. The van der Waals surface area contributed by atoms with Crippen molar-refractivity contribution < 1.29 is 9.53 Å². The second-order valence-corrected chi connectivity index (χ2v) is 6.31. The van der Waals surface area contributed by atoms with E-state index < -0.39 is 5.54 Å². The van der Waals surface area contributed by atoms with Crippen molar-refractivity contribution in [1.82, 2.24) is 5.32 Å². The van der Waals surface area contributed by atoms with Gasteiger partial charge in [-0.3, -0.25) is 10.1 Å². The number of hydrogen-bond donors (Lipinski definition) is 1. The number of hydrogen-bond acceptors (Lipinski definition) is 4. The van der Waals surface area contributed by atoms with Gasteiger partial charge in [0.2, 0.25) is 0 Å². The number of thioether (sulfide) groups is 1. The number of carbonyl (C=O) groups excluding carboxylic acids is 1. The molecule has 2 fully saturated rings. The van der Waals surface area contributed by atoms with Crippen LogP contribution in [0.4, 0.5) is 0 Å². The Morgan fingerprint density at radius 3 is 2.59 bits per heavy atom. The standard InChI is InChI=1S/C13H23NO2S/c1-3-8-17-9-13(10-4-5-10,12(15)16-2)14-11-6-7-11/h10-11,14H,3-9H2,1-2H3. The van der Waals surface area contributed by atoms with E-state index >= 15 is 0 Å². The summed E-state index contributed by atoms with van der Waals surface area (Å²) < 4.78 is 5.06. The molecule has 2 saturated carbocycles. The minimum atomic E-state index is -0.393. The summed E-state index contributed by atoms with van der Waals surface area (Å²) in [5.74, 6) is 2.45. The van der Waals surface area contributed by atoms with Crippen LogP contribution in [0.5, 0.6) is 0 Å². The zero-order valence-corrected chi connectivity index (χ0v) is 11.6. The lowest BCUT2D eigenvalue weighted by Gasteiger charge is -2.32. The van der Waals surface area contributed by atoms with Gasteiger partial charge in [0.15, 0.2) is 0 Å². The fraction of sp³-hybridized carbons (Fsp3) is 0.923. The highest BCUT2D eigenvalue weighted by molar-refractivity contribution is 7.99. The van der Waals surface area contributed by atoms with Crippen LogP contribution in [-0.2, 0) is 9.53 Å². The zero-order valence-electron chi connectivity index (χ0n) is 10.8. The fourth-order valence-electron chi connectivity index (χ4n) is 2.29. The molecule has 1 atom stereocenters. The number of carbonyl (C=O) groups is 1. The first-order valence-electron chi connectivity index (χ1n) is 6.66. The molecule has 0 aromatic heterocycles. The topological polar surface area (TPSA) is 38.3 Å². The van der Waals surface area contributed by atoms with Crippen LogP contribution in [0.2, 0.25) is 0 Å². The summed E-state index contributed by atoms with van der Waals surface area (Å²) in [6.07, 6.45) is 5.92. The molecule has 0 saturated heterocycles. The number of methoxy groups -OCH3 is 1. The highest BCUT2D eigenvalue weighted by atomic mass is 32.2. The highest BCUT2D eigenvalue weighted by Gasteiger charge is 2.53. The molecule has 0 aliphatic heterocycles. The first kappa shape index (κ1) is 13.2. The first-order valence-corrected chi connectivity index (χ1v) is 7.82. The Morgan fingerprint density at radius 1 is 1.41 bits per heavy atom. The number of ether oxygens (including phenoxy) is 1. The fourth-order valence-corrected chi connectivity index (χ4v) is 3.48. The summed E-state index contributed by atoms with van der Waals surface area (Å²) >= 11 is 1.88. The quantitative estimate of drug-likeness (QED) is 0.534. The second kappa shape index (κ2) is 5.61. The third-order valence-corrected chi connectivity index (χ3v) is 4.90. The molecule has 1 unspecified atom stereocenters. The van der Waals surface area contributed by atoms with Crippen molar-refractivity contribution in [1.29, 1.82) is 0 Å². The van der Waals surface area contributed by atoms with Crippen LogP contribution in [0.15, 0.2) is 0 Å². The van der Waals surface area contributed by atoms with Gasteiger partial charge in [0.05, 0.1) is 7.11 Å². The van der Waals surface area contributed by atoms with Gasteiger partial charge in [0, 0.05) is 11.8 Å². The Morgan fingerprint density at radius 2 is 2.12 bits per heavy atom. The largest absolute Gasteiger partial charge is 0.468 e. The summed E-state index contributed by atoms with van der Waals surface area (Å²) in [7, 11) is 1.51. The van der Waals surface area contributed by atoms with E-state index in [9.17, 15) is 4.79 Å². The highest BCUT2D eigenvalue weighted by Crippen LogP contribution is 2.43. The normalized spacial score (nSPS) is 23.2. The van der Waals surface area contributed by atoms with Crippen LogP contribution >= 0.6 is 11.8 Å². The Kier molecular flexibility index (Phi) is 4.36. The van der Waals surface area contributed by atoms with Crippen molar-refractivity contribution in [3.63, 3.8) is 0 Å². The molecule has 17 heavy (non-hydrogen) atoms. The minimum Gasteiger partial charge on any atom is -0.468 e. The SMILES string of the molecule is CCCSCC(NC1CC1)(C(=O)OC)C1CC1. The maximum atomic E-state index is 12.2. The van der Waals surface area contributed by atoms with E-state index in [0.29, 0.717) is 12.0 Å². The Hall–Kier alpha value is -0.220. The second-order valence-electron chi connectivity index (χ2n) is 5.21. The van der Waals surface area contributed by atoms with E-state index in [2.05, 4.69) is 12.2 Å². The molecule has 0 aromatic rings. The van der Waals surface area contributed by atoms with E-state index in [1.807, 2.05) is 11.8 Å². The van der Waals surface area contributed by atoms with Gasteiger partial charge in [-0.05, 0) is 43.8 Å². The van der Waals surface area contributed by atoms with E-state index in [4.69, 9.17) is 4.74 Å². The summed E-state index contributed by atoms with van der Waals surface area (Å²) in [4.78, 5) is 12.2. The van der Waals surface area contributed by atoms with Gasteiger partial charge in [0.25, 0.3) is 0 Å². The molecule has 4 heteroatoms. The lowest BCUT2D eigenvalue weighted by atomic mass is 9.95. The van der Waals surface area contributed by atoms with Gasteiger partial charge >= 0.3 is 5.97 Å². The summed E-state index contributed by atoms with van der Waals surface area (Å²) in [6.45, 7) is 2.18. The number of esters is 1. The smallest absolute Gasteiger partial charge is 0.327 e.